The molecule has 0 radical (unpaired) electrons. The van der Waals surface area contributed by atoms with Gasteiger partial charge in [0.2, 0.25) is 5.91 Å². The summed E-state index contributed by atoms with van der Waals surface area (Å²) >= 11 is 0. The highest BCUT2D eigenvalue weighted by molar-refractivity contribution is 5.96. The number of likely N-dealkylation sites (N-methyl/N-ethyl adjacent to an activating group) is 1. The molecule has 0 unspecified atom stereocenters. The smallest absolute Gasteiger partial charge is 0.324 e. The van der Waals surface area contributed by atoms with Crippen molar-refractivity contribution in [2.45, 2.75) is 13.5 Å². The lowest BCUT2D eigenvalue weighted by molar-refractivity contribution is -0.128. The van der Waals surface area contributed by atoms with Crippen molar-refractivity contribution in [1.29, 1.82) is 0 Å². The summed E-state index contributed by atoms with van der Waals surface area (Å²) in [7, 11) is 5.04. The van der Waals surface area contributed by atoms with Crippen molar-refractivity contribution in [1.82, 2.24) is 15.1 Å². The predicted molar refractivity (Wildman–Crippen MR) is 85.7 cm³/mol. The number of ether oxygens (including phenoxy) is 2. The number of aryl methyl sites for hydroxylation is 1. The van der Waals surface area contributed by atoms with Crippen LogP contribution in [0.25, 0.3) is 0 Å². The molecule has 7 nitrogen and oxygen atoms in total. The topological polar surface area (TPSA) is 71.1 Å². The van der Waals surface area contributed by atoms with E-state index >= 15 is 0 Å². The number of hydrogen-bond acceptors (Lipinski definition) is 5. The Hall–Kier alpha value is -2.28. The Balaban J connectivity index is 2.03. The van der Waals surface area contributed by atoms with E-state index in [1.165, 1.54) is 4.90 Å². The lowest BCUT2D eigenvalue weighted by Crippen LogP contribution is -2.40. The molecule has 0 aromatic heterocycles. The van der Waals surface area contributed by atoms with Crippen molar-refractivity contribution in [3.63, 3.8) is 0 Å². The molecule has 2 rings (SSSR count). The summed E-state index contributed by atoms with van der Waals surface area (Å²) in [5, 5.41) is 2.63. The minimum atomic E-state index is -0.314. The summed E-state index contributed by atoms with van der Waals surface area (Å²) in [4.78, 5) is 26.8. The molecule has 7 heteroatoms. The molecular formula is C16H23N3O4. The Morgan fingerprint density at radius 3 is 2.52 bits per heavy atom. The van der Waals surface area contributed by atoms with E-state index in [1.807, 2.05) is 31.0 Å². The highest BCUT2D eigenvalue weighted by Crippen LogP contribution is 2.30. The number of rotatable bonds is 6. The van der Waals surface area contributed by atoms with Crippen LogP contribution in [0.5, 0.6) is 11.5 Å². The van der Waals surface area contributed by atoms with Gasteiger partial charge in [-0.1, -0.05) is 0 Å². The first-order chi connectivity index (χ1) is 11.0. The molecule has 0 saturated carbocycles. The molecule has 126 valence electrons. The van der Waals surface area contributed by atoms with Crippen molar-refractivity contribution < 1.29 is 19.1 Å². The maximum Gasteiger partial charge on any atom is 0.324 e. The van der Waals surface area contributed by atoms with E-state index in [4.69, 9.17) is 9.47 Å². The fourth-order valence-corrected chi connectivity index (χ4v) is 2.57. The van der Waals surface area contributed by atoms with E-state index in [0.29, 0.717) is 31.1 Å². The van der Waals surface area contributed by atoms with Gasteiger partial charge in [-0.2, -0.15) is 0 Å². The van der Waals surface area contributed by atoms with Crippen molar-refractivity contribution in [3.8, 4) is 11.5 Å². The second kappa shape index (κ2) is 7.32. The third kappa shape index (κ3) is 3.92. The van der Waals surface area contributed by atoms with Crippen LogP contribution in [0.15, 0.2) is 12.1 Å². The fourth-order valence-electron chi connectivity index (χ4n) is 2.57. The van der Waals surface area contributed by atoms with E-state index < -0.39 is 0 Å². The molecule has 3 amide bonds. The Bertz CT molecular complexity index is 603. The zero-order valence-electron chi connectivity index (χ0n) is 14.0. The number of carbonyl (C=O) groups excluding carboxylic acids is 2. The number of benzene rings is 1. The van der Waals surface area contributed by atoms with Crippen LogP contribution in [0.2, 0.25) is 0 Å². The molecule has 0 atom stereocenters. The predicted octanol–water partition coefficient (Wildman–Crippen LogP) is 0.996. The Morgan fingerprint density at radius 1 is 1.30 bits per heavy atom. The monoisotopic (exact) mass is 321 g/mol. The minimum absolute atomic E-state index is 0.182. The summed E-state index contributed by atoms with van der Waals surface area (Å²) in [6.07, 6.45) is 0. The van der Waals surface area contributed by atoms with Gasteiger partial charge >= 0.3 is 6.03 Å². The lowest BCUT2D eigenvalue weighted by Gasteiger charge is -2.21. The van der Waals surface area contributed by atoms with E-state index in [2.05, 4.69) is 5.32 Å². The van der Waals surface area contributed by atoms with Gasteiger partial charge in [-0.3, -0.25) is 14.6 Å². The summed E-state index contributed by atoms with van der Waals surface area (Å²) in [6, 6.07) is 3.51. The number of nitrogens with one attached hydrogen (secondary N) is 1. The lowest BCUT2D eigenvalue weighted by atomic mass is 10.1. The molecule has 1 aromatic carbocycles. The van der Waals surface area contributed by atoms with Gasteiger partial charge in [-0.25, -0.2) is 4.79 Å². The molecular weight excluding hydrogens is 298 g/mol. The van der Waals surface area contributed by atoms with Crippen molar-refractivity contribution in [2.75, 3.05) is 40.9 Å². The number of imide groups is 1. The van der Waals surface area contributed by atoms with Crippen LogP contribution in [0.3, 0.4) is 0 Å². The SMILES string of the molecule is COc1cc(C)c(CN(C)CC(=O)N2CCNC2=O)cc1OC. The number of amides is 3. The molecule has 1 aliphatic rings. The van der Waals surface area contributed by atoms with E-state index in [0.717, 1.165) is 11.1 Å². The molecule has 1 N–H and O–H groups in total. The molecule has 1 aliphatic heterocycles. The number of urea groups is 1. The molecule has 0 spiro atoms. The first kappa shape index (κ1) is 17.1. The maximum atomic E-state index is 12.1. The van der Waals surface area contributed by atoms with Crippen LogP contribution in [-0.4, -0.2) is 62.6 Å². The van der Waals surface area contributed by atoms with Gasteiger partial charge in [-0.05, 0) is 37.2 Å². The maximum absolute atomic E-state index is 12.1. The normalized spacial score (nSPS) is 14.1. The zero-order valence-corrected chi connectivity index (χ0v) is 14.0. The Morgan fingerprint density at radius 2 is 1.96 bits per heavy atom. The summed E-state index contributed by atoms with van der Waals surface area (Å²) in [5.74, 6) is 1.15. The number of nitrogens with zero attached hydrogens (tertiary/aromatic N) is 2. The molecule has 0 bridgehead atoms. The van der Waals surface area contributed by atoms with Gasteiger partial charge in [0.25, 0.3) is 0 Å². The van der Waals surface area contributed by atoms with Crippen LogP contribution in [0, 0.1) is 6.92 Å². The molecule has 1 fully saturated rings. The Labute approximate surface area is 136 Å². The van der Waals surface area contributed by atoms with E-state index in [-0.39, 0.29) is 18.5 Å². The average Bonchev–Trinajstić information content (AvgIpc) is 2.94. The first-order valence-corrected chi connectivity index (χ1v) is 7.44. The van der Waals surface area contributed by atoms with Crippen LogP contribution in [0.4, 0.5) is 4.79 Å². The summed E-state index contributed by atoms with van der Waals surface area (Å²) < 4.78 is 10.6. The number of hydrogen-bond donors (Lipinski definition) is 1. The van der Waals surface area contributed by atoms with Crippen molar-refractivity contribution >= 4 is 11.9 Å². The second-order valence-electron chi connectivity index (χ2n) is 5.58. The highest BCUT2D eigenvalue weighted by atomic mass is 16.5. The van der Waals surface area contributed by atoms with Crippen LogP contribution < -0.4 is 14.8 Å². The van der Waals surface area contributed by atoms with E-state index in [9.17, 15) is 9.59 Å². The third-order valence-electron chi connectivity index (χ3n) is 3.85. The van der Waals surface area contributed by atoms with Gasteiger partial charge in [-0.15, -0.1) is 0 Å². The minimum Gasteiger partial charge on any atom is -0.493 e. The number of methoxy groups -OCH3 is 2. The zero-order chi connectivity index (χ0) is 17.0. The summed E-state index contributed by atoms with van der Waals surface area (Å²) in [6.45, 7) is 3.69. The second-order valence-corrected chi connectivity index (χ2v) is 5.58. The standard InChI is InChI=1S/C16H23N3O4/c1-11-7-13(22-3)14(23-4)8-12(11)9-18(2)10-15(20)19-6-5-17-16(19)21/h7-8H,5-6,9-10H2,1-4H3,(H,17,21). The van der Waals surface area contributed by atoms with Gasteiger partial charge < -0.3 is 14.8 Å². The fraction of sp³-hybridized carbons (Fsp3) is 0.500. The van der Waals surface area contributed by atoms with Gasteiger partial charge in [0.15, 0.2) is 11.5 Å². The van der Waals surface area contributed by atoms with Gasteiger partial charge in [0.05, 0.1) is 20.8 Å². The highest BCUT2D eigenvalue weighted by Gasteiger charge is 2.26. The van der Waals surface area contributed by atoms with E-state index in [1.54, 1.807) is 14.2 Å². The van der Waals surface area contributed by atoms with Crippen LogP contribution >= 0.6 is 0 Å². The molecule has 23 heavy (non-hydrogen) atoms. The number of carbonyl (C=O) groups is 2. The molecule has 1 saturated heterocycles. The third-order valence-corrected chi connectivity index (χ3v) is 3.85. The first-order valence-electron chi connectivity index (χ1n) is 7.44. The van der Waals surface area contributed by atoms with Gasteiger partial charge in [0.1, 0.15) is 0 Å². The molecule has 1 heterocycles. The Kier molecular flexibility index (Phi) is 5.44. The molecule has 1 aromatic rings. The quantitative estimate of drug-likeness (QED) is 0.846. The van der Waals surface area contributed by atoms with Crippen molar-refractivity contribution in [3.05, 3.63) is 23.3 Å². The average molecular weight is 321 g/mol. The largest absolute Gasteiger partial charge is 0.493 e. The summed E-state index contributed by atoms with van der Waals surface area (Å²) in [5.41, 5.74) is 2.10. The van der Waals surface area contributed by atoms with Gasteiger partial charge in [0, 0.05) is 19.6 Å². The molecule has 0 aliphatic carbocycles. The van der Waals surface area contributed by atoms with Crippen LogP contribution in [-0.2, 0) is 11.3 Å². The van der Waals surface area contributed by atoms with Crippen molar-refractivity contribution in [2.24, 2.45) is 0 Å². The van der Waals surface area contributed by atoms with Crippen LogP contribution in [0.1, 0.15) is 11.1 Å².